The molecule has 0 unspecified atom stereocenters. The van der Waals surface area contributed by atoms with E-state index in [4.69, 9.17) is 23.9 Å². The highest BCUT2D eigenvalue weighted by molar-refractivity contribution is 5.92. The number of esters is 4. The van der Waals surface area contributed by atoms with Crippen molar-refractivity contribution < 1.29 is 38.1 Å². The third-order valence-electron chi connectivity index (χ3n) is 12.1. The number of hydrogen-bond acceptors (Lipinski definition) is 10. The fraction of sp³-hybridized carbons (Fsp3) is 0.423. The van der Waals surface area contributed by atoms with E-state index in [0.29, 0.717) is 93.8 Å². The van der Waals surface area contributed by atoms with E-state index in [1.807, 2.05) is 30.3 Å². The second-order valence-corrected chi connectivity index (χ2v) is 16.8. The molecule has 2 fully saturated rings. The molecule has 0 aliphatic heterocycles. The van der Waals surface area contributed by atoms with Crippen molar-refractivity contribution in [2.75, 3.05) is 0 Å². The maximum atomic E-state index is 13.6. The lowest BCUT2D eigenvalue weighted by Gasteiger charge is -2.27. The highest BCUT2D eigenvalue weighted by atomic mass is 16.6. The Morgan fingerprint density at radius 2 is 0.935 bits per heavy atom. The number of carbonyl (C=O) groups is 4. The zero-order chi connectivity index (χ0) is 43.3. The van der Waals surface area contributed by atoms with Crippen LogP contribution in [0.15, 0.2) is 97.2 Å². The molecule has 5 aromatic rings. The number of aryl methyl sites for hydroxylation is 4. The summed E-state index contributed by atoms with van der Waals surface area (Å²) in [7, 11) is 0. The summed E-state index contributed by atoms with van der Waals surface area (Å²) < 4.78 is 23.6. The van der Waals surface area contributed by atoms with E-state index in [2.05, 4.69) is 67.4 Å². The molecule has 0 amide bonds. The second-order valence-electron chi connectivity index (χ2n) is 16.8. The van der Waals surface area contributed by atoms with Crippen LogP contribution >= 0.6 is 0 Å². The van der Waals surface area contributed by atoms with Gasteiger partial charge in [0, 0.05) is 18.4 Å². The van der Waals surface area contributed by atoms with E-state index in [9.17, 15) is 19.2 Å². The third kappa shape index (κ3) is 12.1. The Hall–Kier alpha value is -5.90. The van der Waals surface area contributed by atoms with Gasteiger partial charge in [0.15, 0.2) is 11.5 Å². The summed E-state index contributed by atoms with van der Waals surface area (Å²) >= 11 is 0. The molecule has 0 atom stereocenters. The van der Waals surface area contributed by atoms with E-state index in [1.54, 1.807) is 18.3 Å². The summed E-state index contributed by atoms with van der Waals surface area (Å²) in [5.74, 6) is -1.52. The van der Waals surface area contributed by atoms with Crippen LogP contribution in [0.3, 0.4) is 0 Å². The summed E-state index contributed by atoms with van der Waals surface area (Å²) in [5.41, 5.74) is 6.84. The van der Waals surface area contributed by atoms with Crippen LogP contribution in [-0.2, 0) is 54.3 Å². The highest BCUT2D eigenvalue weighted by Gasteiger charge is 2.32. The van der Waals surface area contributed by atoms with Gasteiger partial charge in [-0.2, -0.15) is 0 Å². The normalized spacial score (nSPS) is 18.7. The summed E-state index contributed by atoms with van der Waals surface area (Å²) in [6.45, 7) is 4.32. The summed E-state index contributed by atoms with van der Waals surface area (Å²) in [5, 5.41) is 0. The summed E-state index contributed by atoms with van der Waals surface area (Å²) in [6, 6.07) is 29.6. The smallest absolute Gasteiger partial charge is 0.314 e. The predicted molar refractivity (Wildman–Crippen MR) is 237 cm³/mol. The zero-order valence-electron chi connectivity index (χ0n) is 36.0. The molecule has 0 N–H and O–H groups in total. The van der Waals surface area contributed by atoms with Crippen LogP contribution in [0.25, 0.3) is 22.3 Å². The van der Waals surface area contributed by atoms with Crippen LogP contribution in [0, 0.1) is 11.8 Å². The van der Waals surface area contributed by atoms with Gasteiger partial charge in [-0.05, 0) is 111 Å². The lowest BCUT2D eigenvalue weighted by molar-refractivity contribution is -0.153. The average molecular weight is 839 g/mol. The second kappa shape index (κ2) is 21.8. The minimum absolute atomic E-state index is 0.224. The maximum absolute atomic E-state index is 13.6. The molecule has 1 aromatic heterocycles. The van der Waals surface area contributed by atoms with Crippen molar-refractivity contribution >= 4 is 34.9 Å². The highest BCUT2D eigenvalue weighted by Crippen LogP contribution is 2.36. The summed E-state index contributed by atoms with van der Waals surface area (Å²) in [4.78, 5) is 62.1. The molecule has 7 rings (SSSR count). The minimum atomic E-state index is -0.391. The fourth-order valence-electron chi connectivity index (χ4n) is 8.48. The van der Waals surface area contributed by atoms with E-state index in [0.717, 1.165) is 42.4 Å². The number of aromatic nitrogens is 2. The number of fused-ring (bicyclic) bond motifs is 1. The zero-order valence-corrected chi connectivity index (χ0v) is 36.0. The molecule has 4 aromatic carbocycles. The first kappa shape index (κ1) is 44.2. The van der Waals surface area contributed by atoms with Crippen molar-refractivity contribution in [1.82, 2.24) is 9.97 Å². The molecule has 1 heterocycles. The monoisotopic (exact) mass is 838 g/mol. The standard InChI is InChI=1S/C52H58N2O8/c1-3-8-35-12-16-37(17-13-35)20-32-47(55)59-42-26-22-40(23-27-42)51(57)61-45-30-31-46(50-49(45)53-34-44(54-50)39-10-6-5-7-11-39)62-52(58)41-24-28-43(29-25-41)60-48(56)33-21-38-18-14-36(9-4-2)15-19-38/h5-7,10-19,30-31,34,40-43H,3-4,8-9,20-29,32-33H2,1-2H3/t40-,41-,42-,43-. The van der Waals surface area contributed by atoms with Crippen molar-refractivity contribution in [3.63, 3.8) is 0 Å². The molecule has 10 nitrogen and oxygen atoms in total. The van der Waals surface area contributed by atoms with Crippen LogP contribution in [0.2, 0.25) is 0 Å². The molecule has 2 aliphatic carbocycles. The predicted octanol–water partition coefficient (Wildman–Crippen LogP) is 10.5. The van der Waals surface area contributed by atoms with Gasteiger partial charge < -0.3 is 18.9 Å². The molecule has 0 bridgehead atoms. The number of hydrogen-bond donors (Lipinski definition) is 0. The SMILES string of the molecule is CCCc1ccc(CCC(=O)O[C@H]2CC[C@H](C(=O)Oc3ccc(OC(=O)[C@H]4CC[C@H](OC(=O)CCc5ccc(CCC)cc5)CC4)c4nc(-c5ccccc5)cnc34)CC2)cc1. The molecule has 10 heteroatoms. The lowest BCUT2D eigenvalue weighted by atomic mass is 9.87. The van der Waals surface area contributed by atoms with E-state index >= 15 is 0 Å². The first-order valence-electron chi connectivity index (χ1n) is 22.6. The largest absolute Gasteiger partial charge is 0.462 e. The summed E-state index contributed by atoms with van der Waals surface area (Å²) in [6.07, 6.45) is 11.7. The molecule has 0 saturated heterocycles. The molecule has 0 radical (unpaired) electrons. The Morgan fingerprint density at radius 1 is 0.516 bits per heavy atom. The molecule has 62 heavy (non-hydrogen) atoms. The van der Waals surface area contributed by atoms with Crippen molar-refractivity contribution in [3.05, 3.63) is 119 Å². The number of benzene rings is 4. The Kier molecular flexibility index (Phi) is 15.5. The van der Waals surface area contributed by atoms with E-state index in [1.165, 1.54) is 11.1 Å². The third-order valence-corrected chi connectivity index (χ3v) is 12.1. The first-order chi connectivity index (χ1) is 30.2. The Balaban J connectivity index is 0.924. The van der Waals surface area contributed by atoms with Gasteiger partial charge in [0.2, 0.25) is 0 Å². The topological polar surface area (TPSA) is 131 Å². The lowest BCUT2D eigenvalue weighted by Crippen LogP contribution is -2.30. The van der Waals surface area contributed by atoms with Gasteiger partial charge in [0.05, 0.1) is 23.7 Å². The number of nitrogens with zero attached hydrogens (tertiary/aromatic N) is 2. The van der Waals surface area contributed by atoms with Crippen molar-refractivity contribution in [1.29, 1.82) is 0 Å². The van der Waals surface area contributed by atoms with Crippen molar-refractivity contribution in [2.24, 2.45) is 11.8 Å². The van der Waals surface area contributed by atoms with E-state index in [-0.39, 0.29) is 53.5 Å². The fourth-order valence-corrected chi connectivity index (χ4v) is 8.48. The van der Waals surface area contributed by atoms with Gasteiger partial charge in [-0.25, -0.2) is 9.97 Å². The average Bonchev–Trinajstić information content (AvgIpc) is 3.30. The van der Waals surface area contributed by atoms with Crippen LogP contribution in [-0.4, -0.2) is 46.1 Å². The van der Waals surface area contributed by atoms with Gasteiger partial charge in [-0.3, -0.25) is 19.2 Å². The van der Waals surface area contributed by atoms with Gasteiger partial charge >= 0.3 is 23.9 Å². The Morgan fingerprint density at radius 3 is 1.37 bits per heavy atom. The van der Waals surface area contributed by atoms with Crippen molar-refractivity contribution in [3.8, 4) is 22.8 Å². The molecule has 2 saturated carbocycles. The molecule has 0 spiro atoms. The van der Waals surface area contributed by atoms with Gasteiger partial charge in [-0.15, -0.1) is 0 Å². The molecule has 2 aliphatic rings. The number of ether oxygens (including phenoxy) is 4. The van der Waals surface area contributed by atoms with Crippen LogP contribution < -0.4 is 9.47 Å². The number of carbonyl (C=O) groups excluding carboxylic acids is 4. The van der Waals surface area contributed by atoms with Gasteiger partial charge in [-0.1, -0.05) is 106 Å². The Labute approximate surface area is 364 Å². The molecular weight excluding hydrogens is 781 g/mol. The quantitative estimate of drug-likeness (QED) is 0.0659. The van der Waals surface area contributed by atoms with Crippen LogP contribution in [0.4, 0.5) is 0 Å². The minimum Gasteiger partial charge on any atom is -0.462 e. The van der Waals surface area contributed by atoms with E-state index < -0.39 is 5.97 Å². The molecule has 324 valence electrons. The Bertz CT molecular complexity index is 2280. The van der Waals surface area contributed by atoms with Crippen LogP contribution in [0.5, 0.6) is 11.5 Å². The van der Waals surface area contributed by atoms with Crippen molar-refractivity contribution in [2.45, 2.75) is 129 Å². The maximum Gasteiger partial charge on any atom is 0.314 e. The number of rotatable bonds is 17. The van der Waals surface area contributed by atoms with Gasteiger partial charge in [0.25, 0.3) is 0 Å². The first-order valence-corrected chi connectivity index (χ1v) is 22.6. The van der Waals surface area contributed by atoms with Crippen LogP contribution in [0.1, 0.15) is 113 Å². The molecular formula is C52H58N2O8. The van der Waals surface area contributed by atoms with Gasteiger partial charge in [0.1, 0.15) is 23.2 Å².